The van der Waals surface area contributed by atoms with Crippen molar-refractivity contribution in [3.05, 3.63) is 113 Å². The Morgan fingerprint density at radius 2 is 1.89 bits per heavy atom. The van der Waals surface area contributed by atoms with Crippen LogP contribution in [0.15, 0.2) is 90.3 Å². The lowest BCUT2D eigenvalue weighted by Crippen LogP contribution is -2.32. The van der Waals surface area contributed by atoms with E-state index in [9.17, 15) is 4.79 Å². The second-order valence-electron chi connectivity index (χ2n) is 8.93. The van der Waals surface area contributed by atoms with Gasteiger partial charge in [0.1, 0.15) is 10.8 Å². The quantitative estimate of drug-likeness (QED) is 0.303. The summed E-state index contributed by atoms with van der Waals surface area (Å²) in [6, 6.07) is 28.4. The number of amides is 1. The maximum atomic E-state index is 13.0. The number of anilines is 1. The second kappa shape index (κ2) is 9.47. The van der Waals surface area contributed by atoms with E-state index in [2.05, 4.69) is 53.5 Å². The van der Waals surface area contributed by atoms with Gasteiger partial charge in [-0.1, -0.05) is 60.7 Å². The first-order chi connectivity index (χ1) is 17.7. The van der Waals surface area contributed by atoms with Gasteiger partial charge in [-0.2, -0.15) is 0 Å². The van der Waals surface area contributed by atoms with Crippen LogP contribution in [0.4, 0.5) is 5.69 Å². The molecule has 0 saturated carbocycles. The molecule has 0 saturated heterocycles. The standard InChI is InChI=1S/C30H25N3O2S/c1-20-7-2-4-11-25(20)30-32-23(18-36-30)16-31-29(34)22-9-6-10-24(15-22)33-17-27-26-12-5-3-8-21(26)13-14-28(27)35-19-33/h2-15,18H,16-17,19H2,1H3,(H,31,34). The fraction of sp³-hybridized carbons (Fsp3) is 0.133. The number of benzene rings is 4. The van der Waals surface area contributed by atoms with Crippen LogP contribution in [-0.4, -0.2) is 17.6 Å². The Bertz CT molecular complexity index is 1580. The molecular formula is C30H25N3O2S. The van der Waals surface area contributed by atoms with Gasteiger partial charge in [0.25, 0.3) is 5.91 Å². The zero-order valence-corrected chi connectivity index (χ0v) is 20.7. The Balaban J connectivity index is 1.16. The van der Waals surface area contributed by atoms with Crippen molar-refractivity contribution < 1.29 is 9.53 Å². The minimum atomic E-state index is -0.119. The molecule has 6 heteroatoms. The molecule has 0 aliphatic carbocycles. The van der Waals surface area contributed by atoms with E-state index in [1.165, 1.54) is 21.9 Å². The third-order valence-electron chi connectivity index (χ3n) is 6.55. The van der Waals surface area contributed by atoms with Gasteiger partial charge in [-0.25, -0.2) is 4.98 Å². The van der Waals surface area contributed by atoms with E-state index in [1.807, 2.05) is 53.9 Å². The van der Waals surface area contributed by atoms with Gasteiger partial charge in [0.2, 0.25) is 0 Å². The minimum absolute atomic E-state index is 0.119. The number of carbonyl (C=O) groups is 1. The zero-order valence-electron chi connectivity index (χ0n) is 19.9. The number of fused-ring (bicyclic) bond motifs is 3. The van der Waals surface area contributed by atoms with Crippen LogP contribution in [0.1, 0.15) is 27.2 Å². The molecular weight excluding hydrogens is 466 g/mol. The molecule has 0 bridgehead atoms. The average molecular weight is 492 g/mol. The molecule has 1 aliphatic rings. The summed E-state index contributed by atoms with van der Waals surface area (Å²) in [4.78, 5) is 19.8. The summed E-state index contributed by atoms with van der Waals surface area (Å²) in [5, 5.41) is 8.39. The molecule has 1 aromatic heterocycles. The lowest BCUT2D eigenvalue weighted by molar-refractivity contribution is 0.0950. The highest BCUT2D eigenvalue weighted by Gasteiger charge is 2.20. The molecule has 0 radical (unpaired) electrons. The Hall–Kier alpha value is -4.16. The molecule has 5 nitrogen and oxygen atoms in total. The van der Waals surface area contributed by atoms with Gasteiger partial charge in [0.05, 0.1) is 18.8 Å². The number of nitrogens with one attached hydrogen (secondary N) is 1. The Labute approximate surface area is 214 Å². The zero-order chi connectivity index (χ0) is 24.5. The fourth-order valence-corrected chi connectivity index (χ4v) is 5.52. The van der Waals surface area contributed by atoms with Crippen molar-refractivity contribution in [1.29, 1.82) is 0 Å². The van der Waals surface area contributed by atoms with E-state index in [4.69, 9.17) is 9.72 Å². The van der Waals surface area contributed by atoms with E-state index in [0.717, 1.165) is 34.2 Å². The number of hydrogen-bond acceptors (Lipinski definition) is 5. The molecule has 1 N–H and O–H groups in total. The van der Waals surface area contributed by atoms with Crippen LogP contribution >= 0.6 is 11.3 Å². The fourth-order valence-electron chi connectivity index (χ4n) is 4.61. The molecule has 36 heavy (non-hydrogen) atoms. The maximum absolute atomic E-state index is 13.0. The summed E-state index contributed by atoms with van der Waals surface area (Å²) in [5.41, 5.74) is 5.92. The monoisotopic (exact) mass is 491 g/mol. The van der Waals surface area contributed by atoms with Crippen LogP contribution in [-0.2, 0) is 13.1 Å². The number of rotatable bonds is 5. The Morgan fingerprint density at radius 1 is 1.03 bits per heavy atom. The van der Waals surface area contributed by atoms with Crippen LogP contribution in [0.25, 0.3) is 21.3 Å². The van der Waals surface area contributed by atoms with Gasteiger partial charge in [-0.3, -0.25) is 4.79 Å². The Kier molecular flexibility index (Phi) is 5.87. The average Bonchev–Trinajstić information content (AvgIpc) is 3.40. The van der Waals surface area contributed by atoms with Crippen LogP contribution in [0.2, 0.25) is 0 Å². The molecule has 0 atom stereocenters. The van der Waals surface area contributed by atoms with Crippen molar-refractivity contribution in [2.45, 2.75) is 20.0 Å². The summed E-state index contributed by atoms with van der Waals surface area (Å²) < 4.78 is 6.07. The van der Waals surface area contributed by atoms with E-state index in [1.54, 1.807) is 11.3 Å². The Morgan fingerprint density at radius 3 is 2.81 bits per heavy atom. The lowest BCUT2D eigenvalue weighted by Gasteiger charge is -2.31. The molecule has 178 valence electrons. The van der Waals surface area contributed by atoms with Gasteiger partial charge in [-0.15, -0.1) is 11.3 Å². The third kappa shape index (κ3) is 4.32. The second-order valence-corrected chi connectivity index (χ2v) is 9.78. The number of aryl methyl sites for hydroxylation is 1. The van der Waals surface area contributed by atoms with Crippen molar-refractivity contribution in [2.24, 2.45) is 0 Å². The molecule has 5 aromatic rings. The van der Waals surface area contributed by atoms with E-state index in [0.29, 0.717) is 18.8 Å². The van der Waals surface area contributed by atoms with Crippen LogP contribution < -0.4 is 15.0 Å². The summed E-state index contributed by atoms with van der Waals surface area (Å²) in [7, 11) is 0. The van der Waals surface area contributed by atoms with E-state index in [-0.39, 0.29) is 5.91 Å². The molecule has 1 amide bonds. The summed E-state index contributed by atoms with van der Waals surface area (Å²) >= 11 is 1.60. The van der Waals surface area contributed by atoms with E-state index < -0.39 is 0 Å². The molecule has 0 fully saturated rings. The normalized spacial score (nSPS) is 12.8. The van der Waals surface area contributed by atoms with E-state index >= 15 is 0 Å². The number of ether oxygens (including phenoxy) is 1. The van der Waals surface area contributed by atoms with Crippen molar-refractivity contribution in [3.63, 3.8) is 0 Å². The van der Waals surface area contributed by atoms with Crippen LogP contribution in [0.5, 0.6) is 5.75 Å². The molecule has 6 rings (SSSR count). The predicted octanol–water partition coefficient (Wildman–Crippen LogP) is 6.56. The van der Waals surface area contributed by atoms with Gasteiger partial charge >= 0.3 is 0 Å². The third-order valence-corrected chi connectivity index (χ3v) is 7.48. The van der Waals surface area contributed by atoms with Crippen LogP contribution in [0.3, 0.4) is 0 Å². The summed E-state index contributed by atoms with van der Waals surface area (Å²) in [6.45, 7) is 3.64. The van der Waals surface area contributed by atoms with Crippen molar-refractivity contribution >= 4 is 33.7 Å². The number of thiazole rings is 1. The topological polar surface area (TPSA) is 54.5 Å². The molecule has 0 spiro atoms. The van der Waals surface area contributed by atoms with Crippen molar-refractivity contribution in [3.8, 4) is 16.3 Å². The first-order valence-electron chi connectivity index (χ1n) is 11.9. The van der Waals surface area contributed by atoms with Gasteiger partial charge in [-0.05, 0) is 47.5 Å². The number of aromatic nitrogens is 1. The number of carbonyl (C=O) groups excluding carboxylic acids is 1. The SMILES string of the molecule is Cc1ccccc1-c1nc(CNC(=O)c2cccc(N3COc4ccc5ccccc5c4C3)c2)cs1. The molecule has 1 aliphatic heterocycles. The molecule has 4 aromatic carbocycles. The van der Waals surface area contributed by atoms with Gasteiger partial charge in [0.15, 0.2) is 6.73 Å². The largest absolute Gasteiger partial charge is 0.473 e. The molecule has 0 unspecified atom stereocenters. The highest BCUT2D eigenvalue weighted by molar-refractivity contribution is 7.13. The smallest absolute Gasteiger partial charge is 0.251 e. The number of hydrogen-bond donors (Lipinski definition) is 1. The summed E-state index contributed by atoms with van der Waals surface area (Å²) in [6.07, 6.45) is 0. The molecule has 2 heterocycles. The highest BCUT2D eigenvalue weighted by Crippen LogP contribution is 2.34. The first-order valence-corrected chi connectivity index (χ1v) is 12.8. The van der Waals surface area contributed by atoms with Gasteiger partial charge < -0.3 is 15.0 Å². The van der Waals surface area contributed by atoms with Gasteiger partial charge in [0, 0.05) is 27.8 Å². The van der Waals surface area contributed by atoms with Crippen molar-refractivity contribution in [1.82, 2.24) is 10.3 Å². The highest BCUT2D eigenvalue weighted by atomic mass is 32.1. The maximum Gasteiger partial charge on any atom is 0.251 e. The van der Waals surface area contributed by atoms with Crippen molar-refractivity contribution in [2.75, 3.05) is 11.6 Å². The first kappa shape index (κ1) is 22.3. The summed E-state index contributed by atoms with van der Waals surface area (Å²) in [5.74, 6) is 0.804. The number of nitrogens with zero attached hydrogens (tertiary/aromatic N) is 2. The van der Waals surface area contributed by atoms with Crippen LogP contribution in [0, 0.1) is 6.92 Å². The minimum Gasteiger partial charge on any atom is -0.473 e. The predicted molar refractivity (Wildman–Crippen MR) is 146 cm³/mol. The lowest BCUT2D eigenvalue weighted by atomic mass is 10.0.